The number of alkyl halides is 1. The normalized spacial score (nSPS) is 11.9. The smallest absolute Gasteiger partial charge is 0.119 e. The lowest BCUT2D eigenvalue weighted by Gasteiger charge is -2.08. The fourth-order valence-electron chi connectivity index (χ4n) is 1.40. The summed E-state index contributed by atoms with van der Waals surface area (Å²) in [6.45, 7) is 7.13. The summed E-state index contributed by atoms with van der Waals surface area (Å²) in [5, 5.41) is 0.928. The van der Waals surface area contributed by atoms with Gasteiger partial charge in [-0.15, -0.1) is 0 Å². The van der Waals surface area contributed by atoms with E-state index in [4.69, 9.17) is 4.74 Å². The second-order valence-electron chi connectivity index (χ2n) is 4.01. The Balaban J connectivity index is 2.81. The van der Waals surface area contributed by atoms with E-state index in [1.807, 2.05) is 19.1 Å². The summed E-state index contributed by atoms with van der Waals surface area (Å²) in [6, 6.07) is 8.22. The molecule has 1 rings (SSSR count). The molecule has 0 spiro atoms. The van der Waals surface area contributed by atoms with E-state index < -0.39 is 0 Å². The molecule has 0 radical (unpaired) electrons. The van der Waals surface area contributed by atoms with Crippen LogP contribution >= 0.6 is 15.9 Å². The average molecular weight is 283 g/mol. The molecule has 0 N–H and O–H groups in total. The predicted molar refractivity (Wildman–Crippen MR) is 74.2 cm³/mol. The highest BCUT2D eigenvalue weighted by Gasteiger charge is 2.01. The lowest BCUT2D eigenvalue weighted by molar-refractivity contribution is 0.340. The van der Waals surface area contributed by atoms with Crippen LogP contribution in [0.25, 0.3) is 6.08 Å². The molecule has 0 amide bonds. The Bertz CT molecular complexity index is 338. The zero-order chi connectivity index (χ0) is 12.0. The molecule has 88 valence electrons. The second kappa shape index (κ2) is 6.74. The molecule has 0 saturated carbocycles. The summed E-state index contributed by atoms with van der Waals surface area (Å²) in [6.07, 6.45) is 2.23. The number of benzene rings is 1. The molecule has 0 heterocycles. The Morgan fingerprint density at radius 1 is 1.31 bits per heavy atom. The molecule has 16 heavy (non-hydrogen) atoms. The van der Waals surface area contributed by atoms with Gasteiger partial charge in [0.1, 0.15) is 5.75 Å². The minimum Gasteiger partial charge on any atom is -0.494 e. The molecule has 2 heteroatoms. The van der Waals surface area contributed by atoms with Gasteiger partial charge >= 0.3 is 0 Å². The third-order valence-electron chi connectivity index (χ3n) is 2.44. The third-order valence-corrected chi connectivity index (χ3v) is 3.09. The first-order chi connectivity index (χ1) is 7.67. The van der Waals surface area contributed by atoms with Gasteiger partial charge < -0.3 is 4.74 Å². The Morgan fingerprint density at radius 3 is 2.38 bits per heavy atom. The van der Waals surface area contributed by atoms with Crippen LogP contribution in [-0.4, -0.2) is 11.9 Å². The zero-order valence-corrected chi connectivity index (χ0v) is 11.8. The van der Waals surface area contributed by atoms with Gasteiger partial charge in [0.2, 0.25) is 0 Å². The summed E-state index contributed by atoms with van der Waals surface area (Å²) in [5.41, 5.74) is 2.63. The Morgan fingerprint density at radius 2 is 1.94 bits per heavy atom. The molecule has 0 fully saturated rings. The molecule has 0 unspecified atom stereocenters. The highest BCUT2D eigenvalue weighted by molar-refractivity contribution is 9.09. The van der Waals surface area contributed by atoms with Crippen molar-refractivity contribution in [2.24, 2.45) is 5.92 Å². The first-order valence-electron chi connectivity index (χ1n) is 5.66. The minimum atomic E-state index is 0.575. The molecule has 0 aliphatic heterocycles. The minimum absolute atomic E-state index is 0.575. The molecule has 0 aliphatic carbocycles. The monoisotopic (exact) mass is 282 g/mol. The van der Waals surface area contributed by atoms with Gasteiger partial charge in [0, 0.05) is 5.33 Å². The molecule has 0 aromatic heterocycles. The first kappa shape index (κ1) is 13.3. The van der Waals surface area contributed by atoms with Crippen molar-refractivity contribution in [3.63, 3.8) is 0 Å². The van der Waals surface area contributed by atoms with Gasteiger partial charge in [-0.3, -0.25) is 0 Å². The van der Waals surface area contributed by atoms with E-state index >= 15 is 0 Å². The molecule has 1 aromatic carbocycles. The summed E-state index contributed by atoms with van der Waals surface area (Å²) in [4.78, 5) is 0. The van der Waals surface area contributed by atoms with Crippen LogP contribution in [0.4, 0.5) is 0 Å². The molecular weight excluding hydrogens is 264 g/mol. The van der Waals surface area contributed by atoms with E-state index in [2.05, 4.69) is 48.0 Å². The highest BCUT2D eigenvalue weighted by Crippen LogP contribution is 2.19. The fourth-order valence-corrected chi connectivity index (χ4v) is 2.21. The summed E-state index contributed by atoms with van der Waals surface area (Å²) >= 11 is 3.52. The maximum Gasteiger partial charge on any atom is 0.119 e. The summed E-state index contributed by atoms with van der Waals surface area (Å²) < 4.78 is 5.41. The van der Waals surface area contributed by atoms with E-state index in [1.54, 1.807) is 0 Å². The van der Waals surface area contributed by atoms with Crippen molar-refractivity contribution in [3.8, 4) is 5.75 Å². The maximum atomic E-state index is 5.41. The van der Waals surface area contributed by atoms with Gasteiger partial charge in [-0.1, -0.05) is 53.6 Å². The van der Waals surface area contributed by atoms with Crippen LogP contribution in [0.15, 0.2) is 29.8 Å². The lowest BCUT2D eigenvalue weighted by Crippen LogP contribution is -1.95. The van der Waals surface area contributed by atoms with Crippen LogP contribution in [0.5, 0.6) is 5.75 Å². The average Bonchev–Trinajstić information content (AvgIpc) is 2.28. The topological polar surface area (TPSA) is 9.23 Å². The molecule has 1 nitrogen and oxygen atoms in total. The van der Waals surface area contributed by atoms with Crippen molar-refractivity contribution in [2.75, 3.05) is 11.9 Å². The molecule has 1 aromatic rings. The van der Waals surface area contributed by atoms with Crippen molar-refractivity contribution in [3.05, 3.63) is 35.4 Å². The number of halogens is 1. The Kier molecular flexibility index (Phi) is 5.61. The lowest BCUT2D eigenvalue weighted by atomic mass is 10.0. The van der Waals surface area contributed by atoms with Gasteiger partial charge in [-0.25, -0.2) is 0 Å². The molecule has 0 saturated heterocycles. The van der Waals surface area contributed by atoms with Crippen molar-refractivity contribution in [1.29, 1.82) is 0 Å². The maximum absolute atomic E-state index is 5.41. The van der Waals surface area contributed by atoms with Crippen molar-refractivity contribution in [1.82, 2.24) is 0 Å². The largest absolute Gasteiger partial charge is 0.494 e. The van der Waals surface area contributed by atoms with E-state index in [-0.39, 0.29) is 0 Å². The van der Waals surface area contributed by atoms with Gasteiger partial charge in [0.05, 0.1) is 6.61 Å². The van der Waals surface area contributed by atoms with Crippen LogP contribution in [-0.2, 0) is 0 Å². The van der Waals surface area contributed by atoms with E-state index in [0.29, 0.717) is 12.5 Å². The Labute approximate surface area is 107 Å². The van der Waals surface area contributed by atoms with E-state index in [1.165, 1.54) is 11.1 Å². The van der Waals surface area contributed by atoms with Gasteiger partial charge in [0.25, 0.3) is 0 Å². The van der Waals surface area contributed by atoms with Crippen LogP contribution in [0.2, 0.25) is 0 Å². The number of ether oxygens (including phenoxy) is 1. The molecule has 0 aliphatic rings. The van der Waals surface area contributed by atoms with Crippen LogP contribution < -0.4 is 4.74 Å². The molecule has 0 bridgehead atoms. The van der Waals surface area contributed by atoms with Crippen LogP contribution in [0.1, 0.15) is 26.3 Å². The van der Waals surface area contributed by atoms with E-state index in [9.17, 15) is 0 Å². The first-order valence-corrected chi connectivity index (χ1v) is 6.78. The number of allylic oxidation sites excluding steroid dienone is 1. The van der Waals surface area contributed by atoms with Gasteiger partial charge in [-0.05, 0) is 30.5 Å². The van der Waals surface area contributed by atoms with E-state index in [0.717, 1.165) is 11.1 Å². The fraction of sp³-hybridized carbons (Fsp3) is 0.429. The highest BCUT2D eigenvalue weighted by atomic mass is 79.9. The summed E-state index contributed by atoms with van der Waals surface area (Å²) in [5.74, 6) is 1.51. The number of hydrogen-bond acceptors (Lipinski definition) is 1. The van der Waals surface area contributed by atoms with Crippen molar-refractivity contribution >= 4 is 22.0 Å². The van der Waals surface area contributed by atoms with Gasteiger partial charge in [0.15, 0.2) is 0 Å². The standard InChI is InChI=1S/C14H19BrO/c1-4-16-14-7-5-12(6-8-14)9-13(10-15)11(2)3/h5-9,11H,4,10H2,1-3H3. The third kappa shape index (κ3) is 4.01. The van der Waals surface area contributed by atoms with Crippen molar-refractivity contribution < 1.29 is 4.74 Å². The van der Waals surface area contributed by atoms with Gasteiger partial charge in [-0.2, -0.15) is 0 Å². The Hall–Kier alpha value is -0.760. The van der Waals surface area contributed by atoms with Crippen LogP contribution in [0.3, 0.4) is 0 Å². The predicted octanol–water partition coefficient (Wildman–Crippen LogP) is 4.52. The zero-order valence-electron chi connectivity index (χ0n) is 10.2. The summed E-state index contributed by atoms with van der Waals surface area (Å²) in [7, 11) is 0. The number of rotatable bonds is 5. The SMILES string of the molecule is CCOc1ccc(C=C(CBr)C(C)C)cc1. The second-order valence-corrected chi connectivity index (χ2v) is 4.57. The van der Waals surface area contributed by atoms with Crippen LogP contribution in [0, 0.1) is 5.92 Å². The van der Waals surface area contributed by atoms with Crippen molar-refractivity contribution in [2.45, 2.75) is 20.8 Å². The number of hydrogen-bond donors (Lipinski definition) is 0. The molecule has 0 atom stereocenters. The molecular formula is C14H19BrO. The quantitative estimate of drug-likeness (QED) is 0.722.